The van der Waals surface area contributed by atoms with Gasteiger partial charge >= 0.3 is 5.97 Å². The van der Waals surface area contributed by atoms with E-state index in [1.54, 1.807) is 6.20 Å². The van der Waals surface area contributed by atoms with Gasteiger partial charge in [0.15, 0.2) is 0 Å². The van der Waals surface area contributed by atoms with E-state index in [9.17, 15) is 9.90 Å². The molecule has 0 saturated heterocycles. The second-order valence-electron chi connectivity index (χ2n) is 4.94. The van der Waals surface area contributed by atoms with Gasteiger partial charge in [-0.2, -0.15) is 0 Å². The number of carboxylic acids is 1. The van der Waals surface area contributed by atoms with Crippen molar-refractivity contribution in [1.29, 1.82) is 0 Å². The number of rotatable bonds is 4. The summed E-state index contributed by atoms with van der Waals surface area (Å²) >= 11 is 0. The molecule has 1 aliphatic rings. The van der Waals surface area contributed by atoms with Crippen LogP contribution in [0.2, 0.25) is 0 Å². The first kappa shape index (κ1) is 11.1. The fourth-order valence-electron chi connectivity index (χ4n) is 2.17. The van der Waals surface area contributed by atoms with Gasteiger partial charge < -0.3 is 5.11 Å². The Morgan fingerprint density at radius 1 is 1.62 bits per heavy atom. The van der Waals surface area contributed by atoms with E-state index in [1.807, 2.05) is 26.0 Å². The van der Waals surface area contributed by atoms with E-state index >= 15 is 0 Å². The van der Waals surface area contributed by atoms with Crippen LogP contribution in [0.25, 0.3) is 0 Å². The molecule has 0 spiro atoms. The number of carboxylic acid groups (broad SMARTS) is 1. The highest BCUT2D eigenvalue weighted by Crippen LogP contribution is 2.47. The van der Waals surface area contributed by atoms with Crippen molar-refractivity contribution in [1.82, 2.24) is 4.98 Å². The number of hydrogen-bond acceptors (Lipinski definition) is 2. The molecule has 1 unspecified atom stereocenters. The number of nitrogens with zero attached hydrogens (tertiary/aromatic N) is 1. The second-order valence-corrected chi connectivity index (χ2v) is 4.94. The van der Waals surface area contributed by atoms with Gasteiger partial charge in [0.2, 0.25) is 0 Å². The number of aryl methyl sites for hydroxylation is 1. The summed E-state index contributed by atoms with van der Waals surface area (Å²) in [7, 11) is 0. The fraction of sp³-hybridized carbons (Fsp3) is 0.538. The van der Waals surface area contributed by atoms with Gasteiger partial charge in [-0.1, -0.05) is 6.07 Å². The largest absolute Gasteiger partial charge is 0.481 e. The molecule has 0 radical (unpaired) electrons. The predicted molar refractivity (Wildman–Crippen MR) is 61.1 cm³/mol. The van der Waals surface area contributed by atoms with Crippen LogP contribution in [-0.2, 0) is 11.2 Å². The summed E-state index contributed by atoms with van der Waals surface area (Å²) in [5.74, 6) is -0.369. The molecule has 1 fully saturated rings. The van der Waals surface area contributed by atoms with Gasteiger partial charge in [0.25, 0.3) is 0 Å². The van der Waals surface area contributed by atoms with Crippen molar-refractivity contribution in [3.05, 3.63) is 29.6 Å². The molecule has 2 rings (SSSR count). The smallest absolute Gasteiger partial charge is 0.310 e. The molecule has 1 atom stereocenters. The molecule has 0 aliphatic heterocycles. The van der Waals surface area contributed by atoms with E-state index in [4.69, 9.17) is 0 Å². The summed E-state index contributed by atoms with van der Waals surface area (Å²) in [6, 6.07) is 3.87. The zero-order valence-corrected chi connectivity index (χ0v) is 9.73. The first-order valence-electron chi connectivity index (χ1n) is 5.68. The van der Waals surface area contributed by atoms with E-state index in [-0.39, 0.29) is 0 Å². The van der Waals surface area contributed by atoms with E-state index in [0.717, 1.165) is 24.1 Å². The van der Waals surface area contributed by atoms with E-state index in [0.29, 0.717) is 12.3 Å². The highest BCUT2D eigenvalue weighted by Gasteiger charge is 2.47. The highest BCUT2D eigenvalue weighted by molar-refractivity contribution is 5.75. The third kappa shape index (κ3) is 1.94. The van der Waals surface area contributed by atoms with Gasteiger partial charge in [0.1, 0.15) is 0 Å². The van der Waals surface area contributed by atoms with Gasteiger partial charge in [0, 0.05) is 18.3 Å². The number of aromatic nitrogens is 1. The van der Waals surface area contributed by atoms with Gasteiger partial charge in [-0.3, -0.25) is 9.78 Å². The van der Waals surface area contributed by atoms with Gasteiger partial charge in [-0.05, 0) is 44.2 Å². The Labute approximate surface area is 95.5 Å². The van der Waals surface area contributed by atoms with Crippen molar-refractivity contribution in [3.63, 3.8) is 0 Å². The normalized spacial score (nSPS) is 19.1. The maximum Gasteiger partial charge on any atom is 0.310 e. The summed E-state index contributed by atoms with van der Waals surface area (Å²) < 4.78 is 0. The van der Waals surface area contributed by atoms with E-state index < -0.39 is 11.4 Å². The Kier molecular flexibility index (Phi) is 2.70. The van der Waals surface area contributed by atoms with Crippen molar-refractivity contribution in [2.24, 2.45) is 11.3 Å². The van der Waals surface area contributed by atoms with Crippen LogP contribution in [0.15, 0.2) is 18.3 Å². The Morgan fingerprint density at radius 2 is 2.31 bits per heavy atom. The second kappa shape index (κ2) is 3.89. The quantitative estimate of drug-likeness (QED) is 0.846. The average Bonchev–Trinajstić information content (AvgIpc) is 3.04. The lowest BCUT2D eigenvalue weighted by Crippen LogP contribution is -2.33. The van der Waals surface area contributed by atoms with Crippen molar-refractivity contribution >= 4 is 5.97 Å². The molecule has 0 amide bonds. The molecular formula is C13H17NO2. The maximum atomic E-state index is 11.4. The molecule has 1 saturated carbocycles. The van der Waals surface area contributed by atoms with Crippen LogP contribution in [-0.4, -0.2) is 16.1 Å². The van der Waals surface area contributed by atoms with Crippen LogP contribution in [0.1, 0.15) is 31.0 Å². The zero-order chi connectivity index (χ0) is 11.8. The minimum atomic E-state index is -0.694. The number of aliphatic carboxylic acids is 1. The van der Waals surface area contributed by atoms with Crippen molar-refractivity contribution in [2.45, 2.75) is 33.1 Å². The van der Waals surface area contributed by atoms with Gasteiger partial charge in [0.05, 0.1) is 5.41 Å². The number of hydrogen-bond donors (Lipinski definition) is 1. The molecule has 1 aromatic rings. The van der Waals surface area contributed by atoms with Crippen LogP contribution in [0.3, 0.4) is 0 Å². The van der Waals surface area contributed by atoms with E-state index in [1.165, 1.54) is 0 Å². The summed E-state index contributed by atoms with van der Waals surface area (Å²) in [5, 5.41) is 9.37. The first-order valence-corrected chi connectivity index (χ1v) is 5.68. The first-order chi connectivity index (χ1) is 7.54. The van der Waals surface area contributed by atoms with Gasteiger partial charge in [-0.25, -0.2) is 0 Å². The van der Waals surface area contributed by atoms with Crippen LogP contribution in [0.4, 0.5) is 0 Å². The summed E-state index contributed by atoms with van der Waals surface area (Å²) in [4.78, 5) is 15.7. The van der Waals surface area contributed by atoms with Crippen LogP contribution in [0.5, 0.6) is 0 Å². The molecular weight excluding hydrogens is 202 g/mol. The molecule has 1 aliphatic carbocycles. The predicted octanol–water partition coefficient (Wildman–Crippen LogP) is 2.43. The topological polar surface area (TPSA) is 50.2 Å². The minimum Gasteiger partial charge on any atom is -0.481 e. The molecule has 3 heteroatoms. The van der Waals surface area contributed by atoms with Crippen molar-refractivity contribution in [2.75, 3.05) is 0 Å². The lowest BCUT2D eigenvalue weighted by molar-refractivity contribution is -0.149. The molecule has 1 aromatic heterocycles. The lowest BCUT2D eigenvalue weighted by Gasteiger charge is -2.24. The van der Waals surface area contributed by atoms with Crippen LogP contribution >= 0.6 is 0 Å². The fourth-order valence-corrected chi connectivity index (χ4v) is 2.17. The van der Waals surface area contributed by atoms with Crippen molar-refractivity contribution < 1.29 is 9.90 Å². The molecule has 1 heterocycles. The molecule has 1 N–H and O–H groups in total. The third-order valence-electron chi connectivity index (χ3n) is 3.62. The average molecular weight is 219 g/mol. The Hall–Kier alpha value is -1.38. The molecule has 86 valence electrons. The SMILES string of the molecule is Cc1cccnc1CC(C)(C(=O)O)C1CC1. The third-order valence-corrected chi connectivity index (χ3v) is 3.62. The summed E-state index contributed by atoms with van der Waals surface area (Å²) in [6.45, 7) is 3.83. The Morgan fingerprint density at radius 3 is 2.81 bits per heavy atom. The zero-order valence-electron chi connectivity index (χ0n) is 9.73. The van der Waals surface area contributed by atoms with Crippen LogP contribution < -0.4 is 0 Å². The molecule has 16 heavy (non-hydrogen) atoms. The standard InChI is InChI=1S/C13H17NO2/c1-9-4-3-7-14-11(9)8-13(2,12(15)16)10-5-6-10/h3-4,7,10H,5-6,8H2,1-2H3,(H,15,16). The highest BCUT2D eigenvalue weighted by atomic mass is 16.4. The summed E-state index contributed by atoms with van der Waals surface area (Å²) in [5.41, 5.74) is 1.36. The number of pyridine rings is 1. The Bertz CT molecular complexity index is 412. The molecule has 0 aromatic carbocycles. The van der Waals surface area contributed by atoms with E-state index in [2.05, 4.69) is 4.98 Å². The van der Waals surface area contributed by atoms with Crippen molar-refractivity contribution in [3.8, 4) is 0 Å². The monoisotopic (exact) mass is 219 g/mol. The van der Waals surface area contributed by atoms with Gasteiger partial charge in [-0.15, -0.1) is 0 Å². The summed E-state index contributed by atoms with van der Waals surface area (Å²) in [6.07, 6.45) is 4.35. The minimum absolute atomic E-state index is 0.325. The van der Waals surface area contributed by atoms with Crippen LogP contribution in [0, 0.1) is 18.3 Å². The molecule has 0 bridgehead atoms. The molecule has 3 nitrogen and oxygen atoms in total. The maximum absolute atomic E-state index is 11.4. The Balaban J connectivity index is 2.24. The number of carbonyl (C=O) groups is 1. The lowest BCUT2D eigenvalue weighted by atomic mass is 9.79.